The maximum absolute atomic E-state index is 12.2. The molecule has 0 aromatic heterocycles. The molecule has 0 bridgehead atoms. The average molecular weight is 333 g/mol. The first kappa shape index (κ1) is 17.3. The number of carbonyl (C=O) groups is 4. The van der Waals surface area contributed by atoms with E-state index >= 15 is 0 Å². The minimum absolute atomic E-state index is 0.0126. The Morgan fingerprint density at radius 2 is 1.83 bits per heavy atom. The van der Waals surface area contributed by atoms with Crippen LogP contribution in [-0.4, -0.2) is 58.3 Å². The molecule has 0 spiro atoms. The number of imide groups is 1. The van der Waals surface area contributed by atoms with Gasteiger partial charge in [0.15, 0.2) is 0 Å². The number of aromatic hydroxyl groups is 1. The molecule has 24 heavy (non-hydrogen) atoms. The van der Waals surface area contributed by atoms with Gasteiger partial charge in [0, 0.05) is 19.6 Å². The van der Waals surface area contributed by atoms with Crippen molar-refractivity contribution in [2.75, 3.05) is 19.6 Å². The van der Waals surface area contributed by atoms with Crippen LogP contribution in [0.5, 0.6) is 5.75 Å². The minimum atomic E-state index is -1.30. The summed E-state index contributed by atoms with van der Waals surface area (Å²) in [5.74, 6) is -2.86. The van der Waals surface area contributed by atoms with E-state index in [4.69, 9.17) is 5.73 Å². The van der Waals surface area contributed by atoms with Crippen LogP contribution in [-0.2, 0) is 14.4 Å². The number of carbonyl (C=O) groups excluding carboxylic acids is 4. The van der Waals surface area contributed by atoms with Crippen molar-refractivity contribution in [3.05, 3.63) is 29.8 Å². The van der Waals surface area contributed by atoms with E-state index in [2.05, 4.69) is 5.32 Å². The van der Waals surface area contributed by atoms with Gasteiger partial charge in [0.2, 0.25) is 0 Å². The Labute approximate surface area is 138 Å². The third kappa shape index (κ3) is 3.45. The topological polar surface area (TPSA) is 131 Å². The van der Waals surface area contributed by atoms with Gasteiger partial charge in [-0.2, -0.15) is 0 Å². The second-order valence-corrected chi connectivity index (χ2v) is 5.18. The number of piperazine rings is 1. The number of nitrogens with zero attached hydrogens (tertiary/aromatic N) is 2. The van der Waals surface area contributed by atoms with Crippen molar-refractivity contribution in [2.45, 2.75) is 13.0 Å². The predicted octanol–water partition coefficient (Wildman–Crippen LogP) is -0.357. The quantitative estimate of drug-likeness (QED) is 0.727. The van der Waals surface area contributed by atoms with Crippen LogP contribution in [0, 0.1) is 0 Å². The molecule has 3 N–H and O–H groups in total. The van der Waals surface area contributed by atoms with E-state index < -0.39 is 29.8 Å². The van der Waals surface area contributed by atoms with Gasteiger partial charge in [-0.1, -0.05) is 12.1 Å². The van der Waals surface area contributed by atoms with E-state index in [0.717, 1.165) is 4.90 Å². The first-order valence-corrected chi connectivity index (χ1v) is 7.30. The molecule has 1 atom stereocenters. The van der Waals surface area contributed by atoms with Gasteiger partial charge < -0.3 is 15.3 Å². The maximum atomic E-state index is 12.2. The summed E-state index contributed by atoms with van der Waals surface area (Å²) < 4.78 is 0. The Morgan fingerprint density at radius 3 is 2.38 bits per heavy atom. The summed E-state index contributed by atoms with van der Waals surface area (Å²) >= 11 is 0. The van der Waals surface area contributed by atoms with Crippen LogP contribution in [0.2, 0.25) is 0 Å². The molecular weight excluding hydrogens is 316 g/mol. The minimum Gasteiger partial charge on any atom is -0.508 e. The zero-order chi connectivity index (χ0) is 17.9. The highest BCUT2D eigenvalue weighted by molar-refractivity contribution is 6.38. The third-order valence-corrected chi connectivity index (χ3v) is 3.69. The number of benzene rings is 1. The Balaban J connectivity index is 2.14. The van der Waals surface area contributed by atoms with Gasteiger partial charge in [-0.15, -0.1) is 0 Å². The highest BCUT2D eigenvalue weighted by Crippen LogP contribution is 2.18. The number of phenolic OH excluding ortho intramolecular Hbond substituents is 1. The van der Waals surface area contributed by atoms with Crippen molar-refractivity contribution in [1.82, 2.24) is 20.9 Å². The van der Waals surface area contributed by atoms with E-state index in [1.54, 1.807) is 6.92 Å². The molecule has 1 aliphatic heterocycles. The van der Waals surface area contributed by atoms with Crippen molar-refractivity contribution in [2.24, 2.45) is 0 Å². The van der Waals surface area contributed by atoms with Crippen molar-refractivity contribution in [3.63, 3.8) is 0 Å². The SMILES string of the molecule is CCN1CCN(C(=O)NC(C([NH])=O)c2ccc(O)cc2)C(=O)C1=O. The summed E-state index contributed by atoms with van der Waals surface area (Å²) in [7, 11) is 0. The molecule has 1 heterocycles. The highest BCUT2D eigenvalue weighted by atomic mass is 16.3. The number of amides is 5. The Hall–Kier alpha value is -3.10. The molecule has 0 aliphatic carbocycles. The fraction of sp³-hybridized carbons (Fsp3) is 0.333. The second kappa shape index (κ2) is 6.99. The average Bonchev–Trinajstić information content (AvgIpc) is 2.55. The summed E-state index contributed by atoms with van der Waals surface area (Å²) in [6.45, 7) is 2.31. The molecule has 0 saturated carbocycles. The molecule has 2 rings (SSSR count). The van der Waals surface area contributed by atoms with Gasteiger partial charge in [-0.3, -0.25) is 25.0 Å². The number of nitrogens with one attached hydrogen (secondary N) is 2. The van der Waals surface area contributed by atoms with Crippen molar-refractivity contribution < 1.29 is 24.3 Å². The lowest BCUT2D eigenvalue weighted by Crippen LogP contribution is -2.58. The van der Waals surface area contributed by atoms with E-state index in [1.165, 1.54) is 29.2 Å². The number of hydrogen-bond donors (Lipinski definition) is 2. The van der Waals surface area contributed by atoms with Crippen LogP contribution in [0.25, 0.3) is 0 Å². The molecule has 1 aromatic rings. The van der Waals surface area contributed by atoms with Gasteiger partial charge >= 0.3 is 17.8 Å². The molecule has 1 aliphatic rings. The lowest BCUT2D eigenvalue weighted by molar-refractivity contribution is -0.153. The molecule has 9 heteroatoms. The van der Waals surface area contributed by atoms with Crippen molar-refractivity contribution >= 4 is 23.8 Å². The van der Waals surface area contributed by atoms with Crippen LogP contribution in [0.3, 0.4) is 0 Å². The summed E-state index contributed by atoms with van der Waals surface area (Å²) in [5, 5.41) is 11.5. The van der Waals surface area contributed by atoms with Gasteiger partial charge in [0.25, 0.3) is 5.91 Å². The van der Waals surface area contributed by atoms with E-state index in [0.29, 0.717) is 6.54 Å². The fourth-order valence-electron chi connectivity index (χ4n) is 2.34. The molecule has 1 unspecified atom stereocenters. The van der Waals surface area contributed by atoms with E-state index in [-0.39, 0.29) is 24.4 Å². The lowest BCUT2D eigenvalue weighted by Gasteiger charge is -2.32. The Kier molecular flexibility index (Phi) is 5.02. The van der Waals surface area contributed by atoms with Crippen LogP contribution in [0.4, 0.5) is 4.79 Å². The van der Waals surface area contributed by atoms with Gasteiger partial charge in [0.1, 0.15) is 11.8 Å². The molecule has 5 amide bonds. The first-order valence-electron chi connectivity index (χ1n) is 7.30. The van der Waals surface area contributed by atoms with Crippen molar-refractivity contribution in [1.29, 1.82) is 0 Å². The monoisotopic (exact) mass is 333 g/mol. The smallest absolute Gasteiger partial charge is 0.325 e. The standard InChI is InChI=1S/C15H17N4O5/c1-2-18-7-8-19(14(23)13(18)22)15(24)17-11(12(16)21)9-3-5-10(20)6-4-9/h3-6,11,16,20H,2,7-8H2,1H3,(H,17,24). The first-order chi connectivity index (χ1) is 11.3. The third-order valence-electron chi connectivity index (χ3n) is 3.69. The predicted molar refractivity (Wildman–Crippen MR) is 81.5 cm³/mol. The number of phenols is 1. The maximum Gasteiger partial charge on any atom is 0.325 e. The Bertz CT molecular complexity index is 673. The van der Waals surface area contributed by atoms with Gasteiger partial charge in [-0.05, 0) is 24.6 Å². The normalized spacial score (nSPS) is 16.0. The Morgan fingerprint density at radius 1 is 1.21 bits per heavy atom. The molecule has 1 saturated heterocycles. The summed E-state index contributed by atoms with van der Waals surface area (Å²) in [5.41, 5.74) is 7.57. The number of rotatable bonds is 4. The zero-order valence-corrected chi connectivity index (χ0v) is 13.0. The summed E-state index contributed by atoms with van der Waals surface area (Å²) in [6.07, 6.45) is 0. The molecule has 1 fully saturated rings. The largest absolute Gasteiger partial charge is 0.508 e. The number of hydrogen-bond acceptors (Lipinski definition) is 5. The van der Waals surface area contributed by atoms with Crippen LogP contribution >= 0.6 is 0 Å². The van der Waals surface area contributed by atoms with Crippen LogP contribution < -0.4 is 11.1 Å². The molecule has 9 nitrogen and oxygen atoms in total. The lowest BCUT2D eigenvalue weighted by atomic mass is 10.1. The van der Waals surface area contributed by atoms with E-state index in [1.807, 2.05) is 0 Å². The van der Waals surface area contributed by atoms with Gasteiger partial charge in [0.05, 0.1) is 0 Å². The second-order valence-electron chi connectivity index (χ2n) is 5.18. The zero-order valence-electron chi connectivity index (χ0n) is 13.0. The molecule has 1 radical (unpaired) electrons. The van der Waals surface area contributed by atoms with Crippen molar-refractivity contribution in [3.8, 4) is 5.75 Å². The van der Waals surface area contributed by atoms with Gasteiger partial charge in [-0.25, -0.2) is 4.79 Å². The summed E-state index contributed by atoms with van der Waals surface area (Å²) in [4.78, 5) is 49.6. The number of urea groups is 1. The molecule has 127 valence electrons. The molecular formula is C15H17N4O5. The number of likely N-dealkylation sites (N-methyl/N-ethyl adjacent to an activating group) is 1. The highest BCUT2D eigenvalue weighted by Gasteiger charge is 2.36. The van der Waals surface area contributed by atoms with E-state index in [9.17, 15) is 24.3 Å². The fourth-order valence-corrected chi connectivity index (χ4v) is 2.34. The van der Waals surface area contributed by atoms with Crippen LogP contribution in [0.15, 0.2) is 24.3 Å². The van der Waals surface area contributed by atoms with Crippen LogP contribution in [0.1, 0.15) is 18.5 Å². The summed E-state index contributed by atoms with van der Waals surface area (Å²) in [6, 6.07) is 3.18. The molecule has 1 aromatic carbocycles.